The number of carbonyl (C=O) groups excluding carboxylic acids is 2. The zero-order valence-corrected chi connectivity index (χ0v) is 13.0. The van der Waals surface area contributed by atoms with Gasteiger partial charge in [0, 0.05) is 26.7 Å². The number of nitrogens with one attached hydrogen (secondary N) is 1. The monoisotopic (exact) mass is 304 g/mol. The summed E-state index contributed by atoms with van der Waals surface area (Å²) in [4.78, 5) is 35.5. The van der Waals surface area contributed by atoms with E-state index in [1.807, 2.05) is 0 Å². The highest BCUT2D eigenvalue weighted by Gasteiger charge is 2.28. The van der Waals surface area contributed by atoms with Gasteiger partial charge in [-0.1, -0.05) is 0 Å². The molecule has 21 heavy (non-hydrogen) atoms. The highest BCUT2D eigenvalue weighted by molar-refractivity contribution is 5.78. The van der Waals surface area contributed by atoms with Gasteiger partial charge in [-0.3, -0.25) is 9.59 Å². The fourth-order valence-electron chi connectivity index (χ4n) is 1.33. The second-order valence-electron chi connectivity index (χ2n) is 5.15. The van der Waals surface area contributed by atoms with E-state index in [2.05, 4.69) is 10.1 Å². The van der Waals surface area contributed by atoms with Crippen molar-refractivity contribution in [1.29, 1.82) is 0 Å². The number of hydrogen-bond donors (Lipinski definition) is 2. The number of carboxylic acid groups (broad SMARTS) is 1. The van der Waals surface area contributed by atoms with Gasteiger partial charge in [-0.25, -0.2) is 4.79 Å². The number of rotatable bonds is 9. The van der Waals surface area contributed by atoms with Crippen LogP contribution in [0.3, 0.4) is 0 Å². The molecule has 0 rings (SSSR count). The average molecular weight is 304 g/mol. The van der Waals surface area contributed by atoms with E-state index in [1.165, 1.54) is 33.0 Å². The molecule has 8 nitrogen and oxygen atoms in total. The van der Waals surface area contributed by atoms with Crippen LogP contribution in [0.25, 0.3) is 0 Å². The van der Waals surface area contributed by atoms with Gasteiger partial charge in [0.1, 0.15) is 0 Å². The number of carboxylic acids is 1. The van der Waals surface area contributed by atoms with E-state index in [9.17, 15) is 14.4 Å². The predicted molar refractivity (Wildman–Crippen MR) is 74.9 cm³/mol. The van der Waals surface area contributed by atoms with Gasteiger partial charge in [-0.15, -0.1) is 0 Å². The second kappa shape index (κ2) is 9.17. The molecular weight excluding hydrogens is 280 g/mol. The van der Waals surface area contributed by atoms with E-state index >= 15 is 0 Å². The molecule has 0 aliphatic heterocycles. The van der Waals surface area contributed by atoms with Crippen molar-refractivity contribution in [3.8, 4) is 0 Å². The Labute approximate surface area is 124 Å². The SMILES string of the molecule is COCCN(CCC(=O)OC)C(=O)NCC(C)(C)C(=O)O. The summed E-state index contributed by atoms with van der Waals surface area (Å²) in [6.45, 7) is 3.81. The van der Waals surface area contributed by atoms with Gasteiger partial charge in [-0.05, 0) is 13.8 Å². The molecule has 0 aromatic carbocycles. The molecule has 0 aliphatic rings. The third kappa shape index (κ3) is 7.50. The molecule has 0 fully saturated rings. The van der Waals surface area contributed by atoms with Crippen molar-refractivity contribution in [3.63, 3.8) is 0 Å². The van der Waals surface area contributed by atoms with Crippen LogP contribution in [0.5, 0.6) is 0 Å². The molecule has 0 spiro atoms. The van der Waals surface area contributed by atoms with Crippen LogP contribution in [-0.4, -0.2) is 68.4 Å². The Bertz CT molecular complexity index is 370. The number of nitrogens with zero attached hydrogens (tertiary/aromatic N) is 1. The molecule has 0 heterocycles. The Kier molecular flexibility index (Phi) is 8.37. The van der Waals surface area contributed by atoms with Gasteiger partial charge < -0.3 is 24.8 Å². The standard InChI is InChI=1S/C13H24N2O6/c1-13(2,11(17)18)9-14-12(19)15(7-8-20-3)6-5-10(16)21-4/h5-9H2,1-4H3,(H,14,19)(H,17,18). The van der Waals surface area contributed by atoms with Crippen molar-refractivity contribution in [2.24, 2.45) is 5.41 Å². The molecule has 0 atom stereocenters. The summed E-state index contributed by atoms with van der Waals surface area (Å²) in [7, 11) is 2.78. The summed E-state index contributed by atoms with van der Waals surface area (Å²) in [5.41, 5.74) is -1.06. The maximum Gasteiger partial charge on any atom is 0.317 e. The lowest BCUT2D eigenvalue weighted by molar-refractivity contribution is -0.146. The molecule has 0 saturated heterocycles. The van der Waals surface area contributed by atoms with E-state index in [0.717, 1.165) is 0 Å². The van der Waals surface area contributed by atoms with Crippen molar-refractivity contribution >= 4 is 18.0 Å². The molecule has 2 amide bonds. The first kappa shape index (κ1) is 19.2. The fourth-order valence-corrected chi connectivity index (χ4v) is 1.33. The summed E-state index contributed by atoms with van der Waals surface area (Å²) in [5, 5.41) is 11.5. The first-order valence-electron chi connectivity index (χ1n) is 6.56. The lowest BCUT2D eigenvalue weighted by atomic mass is 9.94. The van der Waals surface area contributed by atoms with Gasteiger partial charge in [0.15, 0.2) is 0 Å². The third-order valence-electron chi connectivity index (χ3n) is 2.93. The van der Waals surface area contributed by atoms with Gasteiger partial charge >= 0.3 is 18.0 Å². The van der Waals surface area contributed by atoms with E-state index in [0.29, 0.717) is 13.2 Å². The van der Waals surface area contributed by atoms with Gasteiger partial charge in [-0.2, -0.15) is 0 Å². The fraction of sp³-hybridized carbons (Fsp3) is 0.769. The molecule has 0 aliphatic carbocycles. The number of ether oxygens (including phenoxy) is 2. The Morgan fingerprint density at radius 3 is 2.29 bits per heavy atom. The van der Waals surface area contributed by atoms with Crippen molar-refractivity contribution in [2.45, 2.75) is 20.3 Å². The number of methoxy groups -OCH3 is 2. The molecular formula is C13H24N2O6. The minimum absolute atomic E-state index is 0.0110. The summed E-state index contributed by atoms with van der Waals surface area (Å²) in [5.74, 6) is -1.42. The minimum Gasteiger partial charge on any atom is -0.481 e. The number of aliphatic carboxylic acids is 1. The number of urea groups is 1. The molecule has 8 heteroatoms. The molecule has 0 aromatic rings. The lowest BCUT2D eigenvalue weighted by Gasteiger charge is -2.25. The van der Waals surface area contributed by atoms with Crippen LogP contribution < -0.4 is 5.32 Å². The van der Waals surface area contributed by atoms with Gasteiger partial charge in [0.25, 0.3) is 0 Å². The molecule has 0 aromatic heterocycles. The zero-order valence-electron chi connectivity index (χ0n) is 13.0. The van der Waals surface area contributed by atoms with Crippen molar-refractivity contribution in [3.05, 3.63) is 0 Å². The van der Waals surface area contributed by atoms with Crippen molar-refractivity contribution in [1.82, 2.24) is 10.2 Å². The van der Waals surface area contributed by atoms with Crippen LogP contribution in [0, 0.1) is 5.41 Å². The minimum atomic E-state index is -1.06. The van der Waals surface area contributed by atoms with Crippen molar-refractivity contribution < 1.29 is 29.0 Å². The molecule has 0 unspecified atom stereocenters. The predicted octanol–water partition coefficient (Wildman–Crippen LogP) is 0.318. The summed E-state index contributed by atoms with van der Waals surface area (Å²) in [6.07, 6.45) is 0.0654. The highest BCUT2D eigenvalue weighted by atomic mass is 16.5. The Balaban J connectivity index is 4.49. The van der Waals surface area contributed by atoms with E-state index in [-0.39, 0.29) is 19.5 Å². The third-order valence-corrected chi connectivity index (χ3v) is 2.93. The second-order valence-corrected chi connectivity index (χ2v) is 5.15. The quantitative estimate of drug-likeness (QED) is 0.594. The summed E-state index contributed by atoms with van der Waals surface area (Å²) < 4.78 is 9.43. The number of hydrogen-bond acceptors (Lipinski definition) is 5. The maximum atomic E-state index is 12.0. The normalized spacial score (nSPS) is 10.9. The smallest absolute Gasteiger partial charge is 0.317 e. The van der Waals surface area contributed by atoms with Crippen LogP contribution in [0.1, 0.15) is 20.3 Å². The average Bonchev–Trinajstić information content (AvgIpc) is 2.44. The number of carbonyl (C=O) groups is 3. The van der Waals surface area contributed by atoms with E-state index in [4.69, 9.17) is 9.84 Å². The molecule has 0 radical (unpaired) electrons. The molecule has 0 saturated carbocycles. The topological polar surface area (TPSA) is 105 Å². The van der Waals surface area contributed by atoms with Crippen LogP contribution in [-0.2, 0) is 19.1 Å². The largest absolute Gasteiger partial charge is 0.481 e. The van der Waals surface area contributed by atoms with Crippen LogP contribution >= 0.6 is 0 Å². The Hall–Kier alpha value is -1.83. The maximum absolute atomic E-state index is 12.0. The number of amides is 2. The summed E-state index contributed by atoms with van der Waals surface area (Å²) >= 11 is 0. The van der Waals surface area contributed by atoms with Crippen LogP contribution in [0.2, 0.25) is 0 Å². The Morgan fingerprint density at radius 2 is 1.81 bits per heavy atom. The van der Waals surface area contributed by atoms with Crippen molar-refractivity contribution in [2.75, 3.05) is 40.5 Å². The first-order valence-corrected chi connectivity index (χ1v) is 6.56. The molecule has 122 valence electrons. The first-order chi connectivity index (χ1) is 9.74. The number of esters is 1. The van der Waals surface area contributed by atoms with Gasteiger partial charge in [0.05, 0.1) is 25.6 Å². The zero-order chi connectivity index (χ0) is 16.5. The van der Waals surface area contributed by atoms with Crippen LogP contribution in [0.15, 0.2) is 0 Å². The van der Waals surface area contributed by atoms with Crippen LogP contribution in [0.4, 0.5) is 4.79 Å². The van der Waals surface area contributed by atoms with E-state index < -0.39 is 23.4 Å². The summed E-state index contributed by atoms with van der Waals surface area (Å²) in [6, 6.07) is -0.440. The van der Waals surface area contributed by atoms with Gasteiger partial charge in [0.2, 0.25) is 0 Å². The highest BCUT2D eigenvalue weighted by Crippen LogP contribution is 2.13. The van der Waals surface area contributed by atoms with E-state index in [1.54, 1.807) is 0 Å². The lowest BCUT2D eigenvalue weighted by Crippen LogP contribution is -2.47. The molecule has 2 N–H and O–H groups in total. The Morgan fingerprint density at radius 1 is 1.19 bits per heavy atom. The molecule has 0 bridgehead atoms.